The maximum atomic E-state index is 13.2. The number of likely N-dealkylation sites (N-methyl/N-ethyl adjacent to an activating group) is 1. The van der Waals surface area contributed by atoms with Gasteiger partial charge in [0, 0.05) is 13.1 Å². The van der Waals surface area contributed by atoms with Crippen molar-refractivity contribution in [1.82, 2.24) is 4.90 Å². The van der Waals surface area contributed by atoms with Gasteiger partial charge in [-0.15, -0.1) is 0 Å². The summed E-state index contributed by atoms with van der Waals surface area (Å²) in [7, 11) is -2.28. The van der Waals surface area contributed by atoms with Gasteiger partial charge in [0.2, 0.25) is 5.91 Å². The number of carbonyl (C=O) groups is 1. The monoisotopic (exact) mass is 390 g/mol. The number of amides is 1. The van der Waals surface area contributed by atoms with Crippen molar-refractivity contribution in [2.75, 3.05) is 17.9 Å². The number of para-hydroxylation sites is 1. The van der Waals surface area contributed by atoms with E-state index in [0.717, 1.165) is 42.1 Å². The quantitative estimate of drug-likeness (QED) is 0.759. The first-order chi connectivity index (χ1) is 12.9. The van der Waals surface area contributed by atoms with Gasteiger partial charge in [0.05, 0.1) is 10.6 Å². The number of benzene rings is 2. The van der Waals surface area contributed by atoms with Crippen LogP contribution < -0.4 is 4.31 Å². The molecule has 7 heteroatoms. The Labute approximate surface area is 159 Å². The summed E-state index contributed by atoms with van der Waals surface area (Å²) in [6, 6.07) is 13.3. The van der Waals surface area contributed by atoms with E-state index >= 15 is 0 Å². The van der Waals surface area contributed by atoms with Gasteiger partial charge in [-0.2, -0.15) is 0 Å². The molecule has 1 saturated carbocycles. The zero-order chi connectivity index (χ0) is 19.4. The van der Waals surface area contributed by atoms with Crippen molar-refractivity contribution in [3.05, 3.63) is 60.4 Å². The molecule has 0 bridgehead atoms. The molecule has 0 saturated heterocycles. The summed E-state index contributed by atoms with van der Waals surface area (Å²) in [5.41, 5.74) is 0.398. The van der Waals surface area contributed by atoms with Crippen LogP contribution in [0.15, 0.2) is 59.5 Å². The molecule has 144 valence electrons. The molecular formula is C20H23FN2O3S. The predicted molar refractivity (Wildman–Crippen MR) is 102 cm³/mol. The van der Waals surface area contributed by atoms with Crippen molar-refractivity contribution in [2.45, 2.75) is 36.6 Å². The minimum atomic E-state index is -4.00. The number of hydrogen-bond acceptors (Lipinski definition) is 3. The van der Waals surface area contributed by atoms with Gasteiger partial charge in [0.25, 0.3) is 10.0 Å². The van der Waals surface area contributed by atoms with Gasteiger partial charge in [-0.25, -0.2) is 12.8 Å². The van der Waals surface area contributed by atoms with E-state index in [2.05, 4.69) is 0 Å². The van der Waals surface area contributed by atoms with Crippen molar-refractivity contribution in [3.8, 4) is 0 Å². The van der Waals surface area contributed by atoms with Crippen LogP contribution in [0.3, 0.4) is 0 Å². The molecule has 1 aliphatic carbocycles. The average Bonchev–Trinajstić information content (AvgIpc) is 3.21. The SMILES string of the molecule is CN(C(=O)CN(c1ccccc1)S(=O)(=O)c1ccc(F)cc1)C1CCCC1. The van der Waals surface area contributed by atoms with Crippen LogP contribution in [0.4, 0.5) is 10.1 Å². The molecular weight excluding hydrogens is 367 g/mol. The van der Waals surface area contributed by atoms with E-state index in [9.17, 15) is 17.6 Å². The Bertz CT molecular complexity index is 879. The lowest BCUT2D eigenvalue weighted by atomic mass is 10.2. The summed E-state index contributed by atoms with van der Waals surface area (Å²) < 4.78 is 40.6. The van der Waals surface area contributed by atoms with E-state index in [1.165, 1.54) is 12.1 Å². The summed E-state index contributed by atoms with van der Waals surface area (Å²) in [6.07, 6.45) is 4.05. The van der Waals surface area contributed by atoms with Crippen LogP contribution in [0.25, 0.3) is 0 Å². The van der Waals surface area contributed by atoms with Crippen molar-refractivity contribution in [2.24, 2.45) is 0 Å². The van der Waals surface area contributed by atoms with Crippen molar-refractivity contribution >= 4 is 21.6 Å². The molecule has 0 aliphatic heterocycles. The Morgan fingerprint density at radius 3 is 2.22 bits per heavy atom. The molecule has 0 atom stereocenters. The highest BCUT2D eigenvalue weighted by atomic mass is 32.2. The minimum Gasteiger partial charge on any atom is -0.341 e. The average molecular weight is 390 g/mol. The van der Waals surface area contributed by atoms with E-state index < -0.39 is 15.8 Å². The van der Waals surface area contributed by atoms with Crippen LogP contribution in [0.2, 0.25) is 0 Å². The maximum absolute atomic E-state index is 13.2. The van der Waals surface area contributed by atoms with Gasteiger partial charge in [-0.05, 0) is 49.2 Å². The highest BCUT2D eigenvalue weighted by Crippen LogP contribution is 2.26. The van der Waals surface area contributed by atoms with Gasteiger partial charge in [-0.1, -0.05) is 31.0 Å². The van der Waals surface area contributed by atoms with Crippen LogP contribution in [-0.2, 0) is 14.8 Å². The molecule has 2 aromatic rings. The lowest BCUT2D eigenvalue weighted by Gasteiger charge is -2.29. The smallest absolute Gasteiger partial charge is 0.264 e. The highest BCUT2D eigenvalue weighted by molar-refractivity contribution is 7.92. The third kappa shape index (κ3) is 4.30. The number of nitrogens with zero attached hydrogens (tertiary/aromatic N) is 2. The van der Waals surface area contributed by atoms with Crippen molar-refractivity contribution < 1.29 is 17.6 Å². The van der Waals surface area contributed by atoms with Gasteiger partial charge in [0.1, 0.15) is 12.4 Å². The molecule has 0 heterocycles. The van der Waals surface area contributed by atoms with Crippen LogP contribution in [0.1, 0.15) is 25.7 Å². The molecule has 0 radical (unpaired) electrons. The fourth-order valence-corrected chi connectivity index (χ4v) is 4.79. The predicted octanol–water partition coefficient (Wildman–Crippen LogP) is 3.42. The van der Waals surface area contributed by atoms with Crippen LogP contribution in [0.5, 0.6) is 0 Å². The first kappa shape index (κ1) is 19.4. The molecule has 1 fully saturated rings. The zero-order valence-electron chi connectivity index (χ0n) is 15.2. The molecule has 5 nitrogen and oxygen atoms in total. The normalized spacial score (nSPS) is 14.9. The second-order valence-electron chi connectivity index (χ2n) is 6.74. The molecule has 2 aromatic carbocycles. The minimum absolute atomic E-state index is 0.0518. The summed E-state index contributed by atoms with van der Waals surface area (Å²) in [5, 5.41) is 0. The molecule has 27 heavy (non-hydrogen) atoms. The van der Waals surface area contributed by atoms with Gasteiger partial charge >= 0.3 is 0 Å². The number of rotatable bonds is 6. The number of anilines is 1. The Morgan fingerprint density at radius 2 is 1.63 bits per heavy atom. The second kappa shape index (κ2) is 8.08. The van der Waals surface area contributed by atoms with Gasteiger partial charge in [-0.3, -0.25) is 9.10 Å². The maximum Gasteiger partial charge on any atom is 0.264 e. The third-order valence-corrected chi connectivity index (χ3v) is 6.78. The van der Waals surface area contributed by atoms with Crippen LogP contribution in [0, 0.1) is 5.82 Å². The zero-order valence-corrected chi connectivity index (χ0v) is 16.0. The molecule has 0 spiro atoms. The summed E-state index contributed by atoms with van der Waals surface area (Å²) in [4.78, 5) is 14.4. The number of sulfonamides is 1. The second-order valence-corrected chi connectivity index (χ2v) is 8.61. The summed E-state index contributed by atoms with van der Waals surface area (Å²) in [5.74, 6) is -0.770. The summed E-state index contributed by atoms with van der Waals surface area (Å²) in [6.45, 7) is -0.295. The van der Waals surface area contributed by atoms with E-state index in [1.807, 2.05) is 0 Å². The van der Waals surface area contributed by atoms with E-state index in [1.54, 1.807) is 42.3 Å². The van der Waals surface area contributed by atoms with Crippen LogP contribution >= 0.6 is 0 Å². The first-order valence-electron chi connectivity index (χ1n) is 8.98. The Balaban J connectivity index is 1.91. The number of carbonyl (C=O) groups excluding carboxylic acids is 1. The Kier molecular flexibility index (Phi) is 5.79. The third-order valence-electron chi connectivity index (χ3n) is 4.99. The molecule has 0 unspecified atom stereocenters. The van der Waals surface area contributed by atoms with Crippen molar-refractivity contribution in [3.63, 3.8) is 0 Å². The van der Waals surface area contributed by atoms with Crippen LogP contribution in [-0.4, -0.2) is 38.9 Å². The van der Waals surface area contributed by atoms with E-state index in [0.29, 0.717) is 5.69 Å². The lowest BCUT2D eigenvalue weighted by Crippen LogP contribution is -2.44. The molecule has 1 amide bonds. The largest absolute Gasteiger partial charge is 0.341 e. The first-order valence-corrected chi connectivity index (χ1v) is 10.4. The van der Waals surface area contributed by atoms with Gasteiger partial charge in [0.15, 0.2) is 0 Å². The highest BCUT2D eigenvalue weighted by Gasteiger charge is 2.30. The lowest BCUT2D eigenvalue weighted by molar-refractivity contribution is -0.130. The fraction of sp³-hybridized carbons (Fsp3) is 0.350. The Hall–Kier alpha value is -2.41. The number of halogens is 1. The van der Waals surface area contributed by atoms with Gasteiger partial charge < -0.3 is 4.90 Å². The summed E-state index contributed by atoms with van der Waals surface area (Å²) >= 11 is 0. The van der Waals surface area contributed by atoms with E-state index in [4.69, 9.17) is 0 Å². The van der Waals surface area contributed by atoms with Crippen molar-refractivity contribution in [1.29, 1.82) is 0 Å². The molecule has 0 aromatic heterocycles. The molecule has 0 N–H and O–H groups in total. The molecule has 1 aliphatic rings. The molecule has 3 rings (SSSR count). The topological polar surface area (TPSA) is 57.7 Å². The Morgan fingerprint density at radius 1 is 1.04 bits per heavy atom. The standard InChI is InChI=1S/C20H23FN2O3S/c1-22(17-7-5-6-8-17)20(24)15-23(18-9-3-2-4-10-18)27(25,26)19-13-11-16(21)12-14-19/h2-4,9-14,17H,5-8,15H2,1H3. The number of hydrogen-bond donors (Lipinski definition) is 0. The van der Waals surface area contributed by atoms with E-state index in [-0.39, 0.29) is 23.4 Å². The fourth-order valence-electron chi connectivity index (χ4n) is 3.37.